The average Bonchev–Trinajstić information content (AvgIpc) is 2.61. The van der Waals surface area contributed by atoms with Gasteiger partial charge in [-0.25, -0.2) is 0 Å². The summed E-state index contributed by atoms with van der Waals surface area (Å²) in [6.45, 7) is 4.24. The van der Waals surface area contributed by atoms with Crippen LogP contribution in [0.1, 0.15) is 78.1 Å². The number of unbranched alkanes of at least 4 members (excludes halogenated alkanes) is 4. The number of ether oxygens (including phenoxy) is 2. The summed E-state index contributed by atoms with van der Waals surface area (Å²) in [7, 11) is 0. The summed E-state index contributed by atoms with van der Waals surface area (Å²) >= 11 is 0. The van der Waals surface area contributed by atoms with Crippen LogP contribution in [0, 0.1) is 11.8 Å². The summed E-state index contributed by atoms with van der Waals surface area (Å²) in [4.78, 5) is 24.5. The zero-order valence-corrected chi connectivity index (χ0v) is 15.2. The number of allylic oxidation sites excluding steroid dienone is 2. The van der Waals surface area contributed by atoms with Crippen LogP contribution in [0.5, 0.6) is 0 Å². The van der Waals surface area contributed by atoms with Crippen LogP contribution in [-0.4, -0.2) is 11.9 Å². The van der Waals surface area contributed by atoms with Gasteiger partial charge in [0, 0.05) is 0 Å². The van der Waals surface area contributed by atoms with E-state index in [0.29, 0.717) is 12.8 Å². The summed E-state index contributed by atoms with van der Waals surface area (Å²) < 4.78 is 10.4. The Kier molecular flexibility index (Phi) is 10.9. The van der Waals surface area contributed by atoms with Gasteiger partial charge in [0.1, 0.15) is 0 Å². The molecule has 0 N–H and O–H groups in total. The predicted molar refractivity (Wildman–Crippen MR) is 95.0 cm³/mol. The highest BCUT2D eigenvalue weighted by Crippen LogP contribution is 2.32. The van der Waals surface area contributed by atoms with Crippen LogP contribution in [0.3, 0.4) is 0 Å². The summed E-state index contributed by atoms with van der Waals surface area (Å²) in [6.07, 6.45) is 16.2. The maximum absolute atomic E-state index is 12.3. The topological polar surface area (TPSA) is 52.6 Å². The van der Waals surface area contributed by atoms with E-state index >= 15 is 0 Å². The van der Waals surface area contributed by atoms with Gasteiger partial charge < -0.3 is 9.47 Å². The molecule has 0 amide bonds. The lowest BCUT2D eigenvalue weighted by Crippen LogP contribution is -2.33. The second-order valence-electron chi connectivity index (χ2n) is 6.40. The molecule has 1 aliphatic rings. The van der Waals surface area contributed by atoms with E-state index in [1.165, 1.54) is 12.5 Å². The minimum absolute atomic E-state index is 0.306. The summed E-state index contributed by atoms with van der Waals surface area (Å²) in [5.74, 6) is -1.38. The van der Waals surface area contributed by atoms with Crippen molar-refractivity contribution in [2.75, 3.05) is 0 Å². The molecule has 24 heavy (non-hydrogen) atoms. The van der Waals surface area contributed by atoms with E-state index in [1.807, 2.05) is 12.2 Å². The Morgan fingerprint density at radius 1 is 0.833 bits per heavy atom. The van der Waals surface area contributed by atoms with Crippen LogP contribution in [-0.2, 0) is 19.1 Å². The van der Waals surface area contributed by atoms with Crippen molar-refractivity contribution in [1.29, 1.82) is 0 Å². The van der Waals surface area contributed by atoms with E-state index in [2.05, 4.69) is 13.8 Å². The molecule has 2 unspecified atom stereocenters. The molecule has 0 aromatic rings. The fraction of sp³-hybridized carbons (Fsp3) is 0.700. The molecule has 1 rings (SSSR count). The summed E-state index contributed by atoms with van der Waals surface area (Å²) in [6, 6.07) is 0. The number of rotatable bonds is 10. The maximum Gasteiger partial charge on any atom is 0.314 e. The standard InChI is InChI=1S/C20H32O4/c1-3-5-7-11-15-23-19(21)17-13-9-10-14-18(17)20(22)24-16-12-8-6-4-2/h11-12,15-18H,3-10,13-14H2,1-2H3/b15-11+,16-12+. The molecule has 0 aliphatic heterocycles. The second-order valence-corrected chi connectivity index (χ2v) is 6.40. The van der Waals surface area contributed by atoms with Crippen molar-refractivity contribution in [1.82, 2.24) is 0 Å². The van der Waals surface area contributed by atoms with E-state index in [-0.39, 0.29) is 23.8 Å². The number of carbonyl (C=O) groups excluding carboxylic acids is 2. The Bertz CT molecular complexity index is 385. The highest BCUT2D eigenvalue weighted by Gasteiger charge is 2.37. The molecule has 1 aliphatic carbocycles. The van der Waals surface area contributed by atoms with Crippen LogP contribution in [0.25, 0.3) is 0 Å². The Hall–Kier alpha value is -1.58. The van der Waals surface area contributed by atoms with Crippen LogP contribution < -0.4 is 0 Å². The number of esters is 2. The van der Waals surface area contributed by atoms with E-state index in [1.54, 1.807) is 0 Å². The Labute approximate surface area is 146 Å². The third-order valence-electron chi connectivity index (χ3n) is 4.38. The van der Waals surface area contributed by atoms with E-state index in [0.717, 1.165) is 51.4 Å². The molecule has 1 fully saturated rings. The van der Waals surface area contributed by atoms with Crippen molar-refractivity contribution >= 4 is 11.9 Å². The zero-order chi connectivity index (χ0) is 17.6. The lowest BCUT2D eigenvalue weighted by Gasteiger charge is -2.27. The summed E-state index contributed by atoms with van der Waals surface area (Å²) in [5, 5.41) is 0. The molecule has 0 heterocycles. The maximum atomic E-state index is 12.3. The average molecular weight is 336 g/mol. The SMILES string of the molecule is CCCC/C=C/OC(=O)C1CCCCC1C(=O)O/C=C/CCCC. The third-order valence-corrected chi connectivity index (χ3v) is 4.38. The van der Waals surface area contributed by atoms with Gasteiger partial charge in [-0.3, -0.25) is 9.59 Å². The second kappa shape index (κ2) is 12.8. The molecule has 4 heteroatoms. The Balaban J connectivity index is 2.48. The van der Waals surface area contributed by atoms with Crippen molar-refractivity contribution < 1.29 is 19.1 Å². The van der Waals surface area contributed by atoms with Crippen molar-refractivity contribution in [2.45, 2.75) is 78.1 Å². The van der Waals surface area contributed by atoms with E-state index in [9.17, 15) is 9.59 Å². The fourth-order valence-electron chi connectivity index (χ4n) is 2.88. The van der Waals surface area contributed by atoms with Gasteiger partial charge in [0.25, 0.3) is 0 Å². The Morgan fingerprint density at radius 3 is 1.62 bits per heavy atom. The highest BCUT2D eigenvalue weighted by molar-refractivity contribution is 5.82. The molecular formula is C20H32O4. The molecule has 1 saturated carbocycles. The first-order chi connectivity index (χ1) is 11.7. The number of hydrogen-bond acceptors (Lipinski definition) is 4. The van der Waals surface area contributed by atoms with E-state index in [4.69, 9.17) is 9.47 Å². The van der Waals surface area contributed by atoms with Crippen molar-refractivity contribution in [3.8, 4) is 0 Å². The number of carbonyl (C=O) groups is 2. The molecule has 0 aromatic heterocycles. The predicted octanol–water partition coefficient (Wildman–Crippen LogP) is 5.29. The van der Waals surface area contributed by atoms with Crippen molar-refractivity contribution in [2.24, 2.45) is 11.8 Å². The molecule has 0 spiro atoms. The molecule has 136 valence electrons. The molecule has 4 nitrogen and oxygen atoms in total. The molecule has 0 bridgehead atoms. The summed E-state index contributed by atoms with van der Waals surface area (Å²) in [5.41, 5.74) is 0. The third kappa shape index (κ3) is 7.80. The Morgan fingerprint density at radius 2 is 1.25 bits per heavy atom. The first-order valence-electron chi connectivity index (χ1n) is 9.41. The molecule has 2 atom stereocenters. The van der Waals surface area contributed by atoms with Gasteiger partial charge in [-0.1, -0.05) is 39.5 Å². The molecule has 0 aromatic carbocycles. The number of hydrogen-bond donors (Lipinski definition) is 0. The minimum Gasteiger partial charge on any atom is -0.435 e. The monoisotopic (exact) mass is 336 g/mol. The fourth-order valence-corrected chi connectivity index (χ4v) is 2.88. The van der Waals surface area contributed by atoms with Crippen molar-refractivity contribution in [3.05, 3.63) is 24.7 Å². The largest absolute Gasteiger partial charge is 0.435 e. The van der Waals surface area contributed by atoms with Gasteiger partial charge in [0.15, 0.2) is 0 Å². The molecule has 0 radical (unpaired) electrons. The van der Waals surface area contributed by atoms with E-state index < -0.39 is 0 Å². The first-order valence-corrected chi connectivity index (χ1v) is 9.41. The lowest BCUT2D eigenvalue weighted by molar-refractivity contribution is -0.156. The minimum atomic E-state index is -0.383. The molecular weight excluding hydrogens is 304 g/mol. The van der Waals surface area contributed by atoms with Gasteiger partial charge in [0.05, 0.1) is 24.4 Å². The van der Waals surface area contributed by atoms with Gasteiger partial charge >= 0.3 is 11.9 Å². The van der Waals surface area contributed by atoms with Gasteiger partial charge in [-0.2, -0.15) is 0 Å². The van der Waals surface area contributed by atoms with Crippen LogP contribution in [0.4, 0.5) is 0 Å². The van der Waals surface area contributed by atoms with Crippen LogP contribution in [0.15, 0.2) is 24.7 Å². The van der Waals surface area contributed by atoms with Crippen LogP contribution in [0.2, 0.25) is 0 Å². The quantitative estimate of drug-likeness (QED) is 0.309. The highest BCUT2D eigenvalue weighted by atomic mass is 16.5. The normalized spacial score (nSPS) is 21.2. The molecule has 0 saturated heterocycles. The smallest absolute Gasteiger partial charge is 0.314 e. The first kappa shape index (κ1) is 20.5. The van der Waals surface area contributed by atoms with Gasteiger partial charge in [0.2, 0.25) is 0 Å². The van der Waals surface area contributed by atoms with Gasteiger partial charge in [-0.15, -0.1) is 0 Å². The lowest BCUT2D eigenvalue weighted by atomic mass is 9.79. The van der Waals surface area contributed by atoms with Crippen LogP contribution >= 0.6 is 0 Å². The van der Waals surface area contributed by atoms with Gasteiger partial charge in [-0.05, 0) is 50.7 Å². The van der Waals surface area contributed by atoms with Crippen molar-refractivity contribution in [3.63, 3.8) is 0 Å². The zero-order valence-electron chi connectivity index (χ0n) is 15.2.